The summed E-state index contributed by atoms with van der Waals surface area (Å²) in [5.74, 6) is 1.28. The van der Waals surface area contributed by atoms with Crippen LogP contribution in [0.5, 0.6) is 0 Å². The number of pyridine rings is 1. The van der Waals surface area contributed by atoms with Crippen molar-refractivity contribution >= 4 is 11.9 Å². The molecule has 0 N–H and O–H groups in total. The molecule has 4 heterocycles. The zero-order valence-electron chi connectivity index (χ0n) is 16.2. The number of carbonyl (C=O) groups is 1. The van der Waals surface area contributed by atoms with Crippen molar-refractivity contribution in [1.29, 1.82) is 0 Å². The first-order chi connectivity index (χ1) is 13.1. The van der Waals surface area contributed by atoms with Crippen molar-refractivity contribution in [3.05, 3.63) is 47.0 Å². The highest BCUT2D eigenvalue weighted by atomic mass is 16.2. The predicted octanol–water partition coefficient (Wildman–Crippen LogP) is 2.71. The van der Waals surface area contributed by atoms with Gasteiger partial charge < -0.3 is 9.80 Å². The molecule has 6 nitrogen and oxygen atoms in total. The Labute approximate surface area is 160 Å². The van der Waals surface area contributed by atoms with Crippen LogP contribution >= 0.6 is 0 Å². The average Bonchev–Trinajstić information content (AvgIpc) is 3.34. The number of likely N-dealkylation sites (tertiary alicyclic amines) is 1. The summed E-state index contributed by atoms with van der Waals surface area (Å²) in [6.07, 6.45) is 5.93. The summed E-state index contributed by atoms with van der Waals surface area (Å²) in [5.41, 5.74) is 4.32. The van der Waals surface area contributed by atoms with Crippen LogP contribution in [0.4, 0.5) is 5.95 Å². The molecule has 27 heavy (non-hydrogen) atoms. The molecule has 1 amide bonds. The fourth-order valence-electron chi connectivity index (χ4n) is 4.03. The molecule has 2 aromatic heterocycles. The van der Waals surface area contributed by atoms with E-state index < -0.39 is 0 Å². The Morgan fingerprint density at radius 1 is 1.15 bits per heavy atom. The van der Waals surface area contributed by atoms with Crippen molar-refractivity contribution in [3.8, 4) is 0 Å². The molecule has 6 heteroatoms. The lowest BCUT2D eigenvalue weighted by Gasteiger charge is -2.19. The van der Waals surface area contributed by atoms with Crippen LogP contribution in [0.1, 0.15) is 54.7 Å². The van der Waals surface area contributed by atoms with Crippen LogP contribution in [-0.4, -0.2) is 51.9 Å². The topological polar surface area (TPSA) is 62.2 Å². The molecule has 142 valence electrons. The maximum atomic E-state index is 11.7. The van der Waals surface area contributed by atoms with Gasteiger partial charge in [-0.15, -0.1) is 0 Å². The van der Waals surface area contributed by atoms with Gasteiger partial charge in [-0.3, -0.25) is 9.78 Å². The van der Waals surface area contributed by atoms with Gasteiger partial charge in [-0.05, 0) is 49.9 Å². The number of nitrogens with zero attached hydrogens (tertiary/aromatic N) is 5. The third-order valence-corrected chi connectivity index (χ3v) is 5.56. The van der Waals surface area contributed by atoms with Gasteiger partial charge in [-0.1, -0.05) is 0 Å². The van der Waals surface area contributed by atoms with Gasteiger partial charge in [-0.2, -0.15) is 0 Å². The lowest BCUT2D eigenvalue weighted by atomic mass is 10.0. The monoisotopic (exact) mass is 365 g/mol. The van der Waals surface area contributed by atoms with Gasteiger partial charge in [0, 0.05) is 57.3 Å². The first-order valence-electron chi connectivity index (χ1n) is 9.88. The number of carbonyl (C=O) groups excluding carboxylic acids is 1. The summed E-state index contributed by atoms with van der Waals surface area (Å²) in [6, 6.07) is 6.25. The minimum Gasteiger partial charge on any atom is -0.342 e. The van der Waals surface area contributed by atoms with Crippen LogP contribution in [0.15, 0.2) is 24.4 Å². The van der Waals surface area contributed by atoms with Crippen molar-refractivity contribution in [2.45, 2.75) is 45.4 Å². The lowest BCUT2D eigenvalue weighted by molar-refractivity contribution is -0.127. The smallest absolute Gasteiger partial charge is 0.225 e. The Bertz CT molecular complexity index is 831. The number of aryl methyl sites for hydroxylation is 1. The minimum absolute atomic E-state index is 0.149. The van der Waals surface area contributed by atoms with Crippen LogP contribution in [0, 0.1) is 6.92 Å². The van der Waals surface area contributed by atoms with Crippen molar-refractivity contribution in [2.24, 2.45) is 0 Å². The largest absolute Gasteiger partial charge is 0.342 e. The van der Waals surface area contributed by atoms with E-state index >= 15 is 0 Å². The first-order valence-corrected chi connectivity index (χ1v) is 9.88. The van der Waals surface area contributed by atoms with Gasteiger partial charge in [0.25, 0.3) is 0 Å². The van der Waals surface area contributed by atoms with Crippen molar-refractivity contribution < 1.29 is 4.79 Å². The van der Waals surface area contributed by atoms with Crippen LogP contribution in [0.3, 0.4) is 0 Å². The van der Waals surface area contributed by atoms with Gasteiger partial charge in [0.1, 0.15) is 0 Å². The minimum atomic E-state index is 0.149. The second kappa shape index (κ2) is 7.62. The van der Waals surface area contributed by atoms with E-state index in [0.717, 1.165) is 55.6 Å². The number of amides is 1. The zero-order chi connectivity index (χ0) is 18.8. The van der Waals surface area contributed by atoms with E-state index in [2.05, 4.69) is 28.9 Å². The summed E-state index contributed by atoms with van der Waals surface area (Å²) in [4.78, 5) is 30.2. The van der Waals surface area contributed by atoms with Gasteiger partial charge in [0.15, 0.2) is 0 Å². The summed E-state index contributed by atoms with van der Waals surface area (Å²) < 4.78 is 0. The lowest BCUT2D eigenvalue weighted by Crippen LogP contribution is -2.26. The van der Waals surface area contributed by atoms with E-state index in [1.54, 1.807) is 6.92 Å². The molecule has 2 saturated heterocycles. The Kier molecular flexibility index (Phi) is 5.05. The molecule has 0 aromatic carbocycles. The molecular formula is C21H27N5O. The van der Waals surface area contributed by atoms with E-state index in [9.17, 15) is 4.79 Å². The molecule has 2 aromatic rings. The van der Waals surface area contributed by atoms with Crippen molar-refractivity contribution in [1.82, 2.24) is 19.9 Å². The highest BCUT2D eigenvalue weighted by Crippen LogP contribution is 2.28. The highest BCUT2D eigenvalue weighted by Gasteiger charge is 2.28. The molecule has 0 aliphatic carbocycles. The molecule has 0 bridgehead atoms. The molecule has 1 unspecified atom stereocenters. The highest BCUT2D eigenvalue weighted by molar-refractivity contribution is 5.73. The van der Waals surface area contributed by atoms with Crippen molar-refractivity contribution in [3.63, 3.8) is 0 Å². The molecule has 2 fully saturated rings. The Morgan fingerprint density at radius 3 is 2.67 bits per heavy atom. The van der Waals surface area contributed by atoms with Crippen LogP contribution < -0.4 is 4.90 Å². The van der Waals surface area contributed by atoms with Gasteiger partial charge in [0.2, 0.25) is 11.9 Å². The van der Waals surface area contributed by atoms with E-state index in [-0.39, 0.29) is 5.91 Å². The summed E-state index contributed by atoms with van der Waals surface area (Å²) >= 11 is 0. The molecule has 2 aliphatic heterocycles. The maximum absolute atomic E-state index is 11.7. The van der Waals surface area contributed by atoms with E-state index in [1.165, 1.54) is 18.4 Å². The van der Waals surface area contributed by atoms with E-state index in [1.807, 2.05) is 17.2 Å². The van der Waals surface area contributed by atoms with E-state index in [0.29, 0.717) is 12.3 Å². The van der Waals surface area contributed by atoms with Crippen LogP contribution in [0.2, 0.25) is 0 Å². The zero-order valence-corrected chi connectivity index (χ0v) is 16.2. The number of rotatable bonds is 4. The molecular weight excluding hydrogens is 338 g/mol. The fourth-order valence-corrected chi connectivity index (χ4v) is 4.03. The second-order valence-corrected chi connectivity index (χ2v) is 7.73. The predicted molar refractivity (Wildman–Crippen MR) is 105 cm³/mol. The average molecular weight is 365 g/mol. The van der Waals surface area contributed by atoms with Gasteiger partial charge in [-0.25, -0.2) is 9.97 Å². The molecule has 1 atom stereocenters. The van der Waals surface area contributed by atoms with Gasteiger partial charge >= 0.3 is 0 Å². The summed E-state index contributed by atoms with van der Waals surface area (Å²) in [6.45, 7) is 7.35. The number of aromatic nitrogens is 3. The van der Waals surface area contributed by atoms with Crippen LogP contribution in [-0.2, 0) is 11.2 Å². The SMILES string of the molecule is CC(=O)N1CCC(c2cc(Cc3cc(C)ccn3)nc(N3CCCC3)n2)C1. The summed E-state index contributed by atoms with van der Waals surface area (Å²) in [7, 11) is 0. The Morgan fingerprint density at radius 2 is 1.96 bits per heavy atom. The molecule has 2 aliphatic rings. The first kappa shape index (κ1) is 17.9. The normalized spacial score (nSPS) is 19.7. The molecule has 0 spiro atoms. The Hall–Kier alpha value is -2.50. The fraction of sp³-hybridized carbons (Fsp3) is 0.524. The summed E-state index contributed by atoms with van der Waals surface area (Å²) in [5, 5.41) is 0. The maximum Gasteiger partial charge on any atom is 0.225 e. The Balaban J connectivity index is 1.63. The number of hydrogen-bond donors (Lipinski definition) is 0. The quantitative estimate of drug-likeness (QED) is 0.834. The second-order valence-electron chi connectivity index (χ2n) is 7.73. The van der Waals surface area contributed by atoms with Gasteiger partial charge in [0.05, 0.1) is 11.4 Å². The standard InChI is InChI=1S/C21H27N5O/c1-15-5-7-22-18(11-15)12-19-13-20(17-6-10-26(14-17)16(2)27)24-21(23-19)25-8-3-4-9-25/h5,7,11,13,17H,3-4,6,8-10,12,14H2,1-2H3. The van der Waals surface area contributed by atoms with E-state index in [4.69, 9.17) is 9.97 Å². The third kappa shape index (κ3) is 4.10. The van der Waals surface area contributed by atoms with Crippen LogP contribution in [0.25, 0.3) is 0 Å². The molecule has 0 saturated carbocycles. The molecule has 4 rings (SSSR count). The van der Waals surface area contributed by atoms with Crippen molar-refractivity contribution in [2.75, 3.05) is 31.1 Å². The number of anilines is 1. The molecule has 0 radical (unpaired) electrons. The number of hydrogen-bond acceptors (Lipinski definition) is 5. The third-order valence-electron chi connectivity index (χ3n) is 5.56.